The van der Waals surface area contributed by atoms with Gasteiger partial charge in [0.05, 0.1) is 4.08 Å². The van der Waals surface area contributed by atoms with Gasteiger partial charge in [0.25, 0.3) is 0 Å². The molecule has 0 saturated carbocycles. The number of benzene rings is 3. The largest absolute Gasteiger partial charge is 0.108 e. The molecule has 0 aliphatic carbocycles. The molecule has 0 aliphatic heterocycles. The monoisotopic (exact) mass is 492 g/mol. The lowest BCUT2D eigenvalue weighted by atomic mass is 10.1. The van der Waals surface area contributed by atoms with E-state index in [-0.39, 0.29) is 4.08 Å². The fourth-order valence-corrected chi connectivity index (χ4v) is 5.86. The fourth-order valence-electron chi connectivity index (χ4n) is 2.56. The van der Waals surface area contributed by atoms with Crippen LogP contribution in [0.2, 0.25) is 0 Å². The summed E-state index contributed by atoms with van der Waals surface area (Å²) >= 11 is 10.9. The van der Waals surface area contributed by atoms with E-state index in [4.69, 9.17) is 0 Å². The third-order valence-electron chi connectivity index (χ3n) is 3.66. The van der Waals surface area contributed by atoms with Crippen LogP contribution in [0.4, 0.5) is 0 Å². The lowest BCUT2D eigenvalue weighted by Crippen LogP contribution is -2.18. The minimum atomic E-state index is 0.00299. The Bertz CT molecular complexity index is 752. The molecule has 0 aromatic heterocycles. The Labute approximate surface area is 175 Å². The van der Waals surface area contributed by atoms with Gasteiger partial charge >= 0.3 is 0 Å². The number of hydrogen-bond donors (Lipinski definition) is 0. The van der Waals surface area contributed by atoms with Gasteiger partial charge in [-0.05, 0) is 67.4 Å². The Hall–Kier alpha value is -0.680. The molecule has 0 fully saturated rings. The van der Waals surface area contributed by atoms with Gasteiger partial charge in [-0.2, -0.15) is 0 Å². The summed E-state index contributed by atoms with van der Waals surface area (Å²) < 4.78 is 2.23. The molecule has 0 amide bonds. The van der Waals surface area contributed by atoms with E-state index in [2.05, 4.69) is 118 Å². The summed E-state index contributed by atoms with van der Waals surface area (Å²) in [6.07, 6.45) is 0.995. The van der Waals surface area contributed by atoms with E-state index >= 15 is 0 Å². The molecule has 25 heavy (non-hydrogen) atoms. The molecule has 0 bridgehead atoms. The average Bonchev–Trinajstić information content (AvgIpc) is 2.60. The highest BCUT2D eigenvalue weighted by atomic mass is 79.9. The molecule has 0 heterocycles. The molecule has 4 heteroatoms. The van der Waals surface area contributed by atoms with Crippen LogP contribution in [0.1, 0.15) is 12.5 Å². The Morgan fingerprint density at radius 3 is 1.56 bits per heavy atom. The van der Waals surface area contributed by atoms with E-state index in [9.17, 15) is 0 Å². The minimum Gasteiger partial charge on any atom is -0.108 e. The quantitative estimate of drug-likeness (QED) is 0.251. The first-order chi connectivity index (χ1) is 12.0. The summed E-state index contributed by atoms with van der Waals surface area (Å²) in [7, 11) is 0. The van der Waals surface area contributed by atoms with E-state index in [0.29, 0.717) is 0 Å². The molecule has 0 nitrogen and oxygen atoms in total. The lowest BCUT2D eigenvalue weighted by Gasteiger charge is -2.29. The first-order valence-corrected chi connectivity index (χ1v) is 11.2. The van der Waals surface area contributed by atoms with Crippen molar-refractivity contribution in [2.75, 3.05) is 0 Å². The smallest absolute Gasteiger partial charge is 0.0717 e. The predicted octanol–water partition coefficient (Wildman–Crippen LogP) is 8.05. The Morgan fingerprint density at radius 2 is 1.12 bits per heavy atom. The van der Waals surface area contributed by atoms with Crippen molar-refractivity contribution in [3.05, 3.63) is 93.4 Å². The molecule has 0 unspecified atom stereocenters. The summed E-state index contributed by atoms with van der Waals surface area (Å²) in [5.41, 5.74) is 1.36. The lowest BCUT2D eigenvalue weighted by molar-refractivity contribution is 0.877. The van der Waals surface area contributed by atoms with Gasteiger partial charge < -0.3 is 0 Å². The molecule has 0 atom stereocenters. The molecule has 0 N–H and O–H groups in total. The van der Waals surface area contributed by atoms with Crippen molar-refractivity contribution >= 4 is 55.4 Å². The number of halogens is 2. The molecular weight excluding hydrogens is 476 g/mol. The molecular formula is C21H18Br2S2. The molecule has 128 valence electrons. The van der Waals surface area contributed by atoms with E-state index in [0.717, 1.165) is 15.4 Å². The highest BCUT2D eigenvalue weighted by Gasteiger charge is 2.28. The number of rotatable bonds is 6. The molecule has 3 rings (SSSR count). The number of thioether (sulfide) groups is 2. The van der Waals surface area contributed by atoms with E-state index in [1.54, 1.807) is 0 Å². The molecule has 0 radical (unpaired) electrons. The second-order valence-corrected chi connectivity index (χ2v) is 11.2. The van der Waals surface area contributed by atoms with Crippen molar-refractivity contribution < 1.29 is 0 Å². The minimum absolute atomic E-state index is 0.00299. The highest BCUT2D eigenvalue weighted by Crippen LogP contribution is 2.47. The van der Waals surface area contributed by atoms with Crippen molar-refractivity contribution in [1.29, 1.82) is 0 Å². The third-order valence-corrected chi connectivity index (χ3v) is 7.39. The van der Waals surface area contributed by atoms with E-state index in [1.807, 2.05) is 23.5 Å². The van der Waals surface area contributed by atoms with Crippen molar-refractivity contribution in [3.63, 3.8) is 0 Å². The molecule has 3 aromatic rings. The first kappa shape index (κ1) is 19.1. The van der Waals surface area contributed by atoms with Gasteiger partial charge in [0.2, 0.25) is 0 Å². The summed E-state index contributed by atoms with van der Waals surface area (Å²) in [6, 6.07) is 27.9. The van der Waals surface area contributed by atoms with Crippen molar-refractivity contribution in [2.24, 2.45) is 0 Å². The number of hydrogen-bond acceptors (Lipinski definition) is 2. The van der Waals surface area contributed by atoms with Crippen LogP contribution in [0.15, 0.2) is 97.6 Å². The van der Waals surface area contributed by atoms with Crippen LogP contribution < -0.4 is 0 Å². The van der Waals surface area contributed by atoms with Crippen LogP contribution in [0.5, 0.6) is 0 Å². The van der Waals surface area contributed by atoms with E-state index in [1.165, 1.54) is 15.4 Å². The topological polar surface area (TPSA) is 0 Å². The first-order valence-electron chi connectivity index (χ1n) is 7.95. The standard InChI is InChI=1S/C21H18Br2S2/c1-21(15-16-5-3-2-4-6-16,24-19-11-7-17(22)8-12-19)25-20-13-9-18(23)10-14-20/h2-14H,15H2,1H3. The van der Waals surface area contributed by atoms with Gasteiger partial charge in [0.1, 0.15) is 0 Å². The van der Waals surface area contributed by atoms with Crippen LogP contribution in [0, 0.1) is 0 Å². The van der Waals surface area contributed by atoms with Gasteiger partial charge in [-0.15, -0.1) is 23.5 Å². The summed E-state index contributed by atoms with van der Waals surface area (Å²) in [6.45, 7) is 2.33. The highest BCUT2D eigenvalue weighted by molar-refractivity contribution is 9.10. The zero-order valence-electron chi connectivity index (χ0n) is 13.8. The van der Waals surface area contributed by atoms with Crippen LogP contribution in [-0.4, -0.2) is 4.08 Å². The maximum Gasteiger partial charge on any atom is 0.0717 e. The van der Waals surface area contributed by atoms with Gasteiger partial charge in [0.15, 0.2) is 0 Å². The van der Waals surface area contributed by atoms with Gasteiger partial charge in [-0.1, -0.05) is 62.2 Å². The van der Waals surface area contributed by atoms with Gasteiger partial charge in [-0.25, -0.2) is 0 Å². The van der Waals surface area contributed by atoms with Crippen molar-refractivity contribution in [3.8, 4) is 0 Å². The molecule has 0 spiro atoms. The van der Waals surface area contributed by atoms with Gasteiger partial charge in [0, 0.05) is 18.7 Å². The molecule has 3 aromatic carbocycles. The second kappa shape index (κ2) is 8.81. The predicted molar refractivity (Wildman–Crippen MR) is 119 cm³/mol. The van der Waals surface area contributed by atoms with Crippen LogP contribution >= 0.6 is 55.4 Å². The SMILES string of the molecule is CC(Cc1ccccc1)(Sc1ccc(Br)cc1)Sc1ccc(Br)cc1. The van der Waals surface area contributed by atoms with Crippen molar-refractivity contribution in [2.45, 2.75) is 27.2 Å². The summed E-state index contributed by atoms with van der Waals surface area (Å²) in [5, 5.41) is 0. The second-order valence-electron chi connectivity index (χ2n) is 5.91. The Balaban J connectivity index is 1.86. The zero-order valence-corrected chi connectivity index (χ0v) is 18.6. The van der Waals surface area contributed by atoms with Crippen LogP contribution in [0.3, 0.4) is 0 Å². The molecule has 0 aliphatic rings. The summed E-state index contributed by atoms with van der Waals surface area (Å²) in [5.74, 6) is 0. The van der Waals surface area contributed by atoms with E-state index < -0.39 is 0 Å². The van der Waals surface area contributed by atoms with Crippen molar-refractivity contribution in [1.82, 2.24) is 0 Å². The third kappa shape index (κ3) is 5.92. The Morgan fingerprint density at radius 1 is 0.680 bits per heavy atom. The molecule has 0 saturated heterocycles. The Kier molecular flexibility index (Phi) is 6.73. The zero-order chi connectivity index (χ0) is 17.7. The van der Waals surface area contributed by atoms with Crippen LogP contribution in [-0.2, 0) is 6.42 Å². The normalized spacial score (nSPS) is 11.5. The summed E-state index contributed by atoms with van der Waals surface area (Å²) in [4.78, 5) is 2.57. The maximum absolute atomic E-state index is 3.52. The average molecular weight is 494 g/mol. The maximum atomic E-state index is 3.52. The van der Waals surface area contributed by atoms with Gasteiger partial charge in [-0.3, -0.25) is 0 Å². The van der Waals surface area contributed by atoms with Crippen LogP contribution in [0.25, 0.3) is 0 Å². The fraction of sp³-hybridized carbons (Fsp3) is 0.143.